The fourth-order valence-corrected chi connectivity index (χ4v) is 3.45. The maximum Gasteiger partial charge on any atom is 0.343 e. The highest BCUT2D eigenvalue weighted by Gasteiger charge is 2.41. The van der Waals surface area contributed by atoms with Gasteiger partial charge in [0.15, 0.2) is 17.7 Å². The van der Waals surface area contributed by atoms with E-state index in [9.17, 15) is 14.4 Å². The van der Waals surface area contributed by atoms with Crippen molar-refractivity contribution < 1.29 is 23.8 Å². The Morgan fingerprint density at radius 1 is 1.33 bits per heavy atom. The third kappa shape index (κ3) is 3.58. The Morgan fingerprint density at radius 3 is 2.81 bits per heavy atom. The van der Waals surface area contributed by atoms with Crippen LogP contribution in [0.4, 0.5) is 0 Å². The van der Waals surface area contributed by atoms with Crippen molar-refractivity contribution in [1.29, 1.82) is 0 Å². The number of carbonyl (C=O) groups excluding carboxylic acids is 2. The molecule has 2 aliphatic rings. The van der Waals surface area contributed by atoms with E-state index in [4.69, 9.17) is 14.2 Å². The highest BCUT2D eigenvalue weighted by atomic mass is 16.5. The van der Waals surface area contributed by atoms with E-state index < -0.39 is 17.6 Å². The fourth-order valence-electron chi connectivity index (χ4n) is 3.45. The molecule has 0 N–H and O–H groups in total. The number of rotatable bonds is 6. The van der Waals surface area contributed by atoms with E-state index in [-0.39, 0.29) is 35.6 Å². The van der Waals surface area contributed by atoms with E-state index in [1.165, 1.54) is 6.20 Å². The minimum atomic E-state index is -0.717. The van der Waals surface area contributed by atoms with Gasteiger partial charge in [0, 0.05) is 12.2 Å². The number of hydrogen-bond acceptors (Lipinski definition) is 6. The van der Waals surface area contributed by atoms with E-state index >= 15 is 0 Å². The van der Waals surface area contributed by atoms with Gasteiger partial charge in [-0.05, 0) is 26.7 Å². The molecule has 1 amide bonds. The summed E-state index contributed by atoms with van der Waals surface area (Å²) in [6, 6.07) is 0.00771. The first kappa shape index (κ1) is 19.4. The lowest BCUT2D eigenvalue weighted by Crippen LogP contribution is -2.57. The first-order chi connectivity index (χ1) is 13.0. The molecule has 1 saturated heterocycles. The van der Waals surface area contributed by atoms with E-state index in [1.54, 1.807) is 16.4 Å². The average molecular weight is 378 g/mol. The Hall–Kier alpha value is -2.35. The molecule has 0 saturated carbocycles. The average Bonchev–Trinajstić information content (AvgIpc) is 2.63. The number of hydrogen-bond donors (Lipinski definition) is 0. The molecule has 0 unspecified atom stereocenters. The normalized spacial score (nSPS) is 21.4. The number of fused-ring (bicyclic) bond motifs is 2. The van der Waals surface area contributed by atoms with Crippen LogP contribution in [0.15, 0.2) is 11.0 Å². The second-order valence-electron chi connectivity index (χ2n) is 6.80. The predicted molar refractivity (Wildman–Crippen MR) is 97.1 cm³/mol. The molecule has 2 atom stereocenters. The summed E-state index contributed by atoms with van der Waals surface area (Å²) in [4.78, 5) is 40.0. The van der Waals surface area contributed by atoms with Crippen LogP contribution < -0.4 is 10.2 Å². The molecule has 8 nitrogen and oxygen atoms in total. The molecule has 2 aliphatic heterocycles. The molecule has 0 spiro atoms. The summed E-state index contributed by atoms with van der Waals surface area (Å²) in [6.45, 7) is 6.99. The molecule has 0 aromatic carbocycles. The Kier molecular flexibility index (Phi) is 5.84. The van der Waals surface area contributed by atoms with Crippen LogP contribution in [0.5, 0.6) is 5.75 Å². The summed E-state index contributed by atoms with van der Waals surface area (Å²) < 4.78 is 18.0. The van der Waals surface area contributed by atoms with Crippen LogP contribution in [0, 0.1) is 0 Å². The van der Waals surface area contributed by atoms with Crippen molar-refractivity contribution in [3.8, 4) is 5.75 Å². The molecule has 0 radical (unpaired) electrons. The van der Waals surface area contributed by atoms with Crippen molar-refractivity contribution in [1.82, 2.24) is 9.47 Å². The Bertz CT molecular complexity index is 787. The monoisotopic (exact) mass is 378 g/mol. The summed E-state index contributed by atoms with van der Waals surface area (Å²) in [5.41, 5.74) is -0.553. The zero-order valence-electron chi connectivity index (χ0n) is 16.0. The second-order valence-corrected chi connectivity index (χ2v) is 6.80. The predicted octanol–water partition coefficient (Wildman–Crippen LogP) is 1.79. The summed E-state index contributed by atoms with van der Waals surface area (Å²) in [5.74, 6) is -1.10. The number of nitrogens with zero attached hydrogens (tertiary/aromatic N) is 2. The van der Waals surface area contributed by atoms with Gasteiger partial charge in [0.1, 0.15) is 5.56 Å². The van der Waals surface area contributed by atoms with Gasteiger partial charge in [-0.1, -0.05) is 13.3 Å². The van der Waals surface area contributed by atoms with E-state index in [1.807, 2.05) is 13.8 Å². The first-order valence-electron chi connectivity index (χ1n) is 9.51. The smallest absolute Gasteiger partial charge is 0.343 e. The van der Waals surface area contributed by atoms with Gasteiger partial charge in [-0.25, -0.2) is 4.79 Å². The highest BCUT2D eigenvalue weighted by Crippen LogP contribution is 2.30. The lowest BCUT2D eigenvalue weighted by atomic mass is 10.1. The lowest BCUT2D eigenvalue weighted by Gasteiger charge is -2.44. The molecule has 1 aromatic rings. The van der Waals surface area contributed by atoms with Gasteiger partial charge in [0.2, 0.25) is 5.43 Å². The Morgan fingerprint density at radius 2 is 2.11 bits per heavy atom. The lowest BCUT2D eigenvalue weighted by molar-refractivity contribution is -0.112. The zero-order chi connectivity index (χ0) is 19.6. The van der Waals surface area contributed by atoms with Gasteiger partial charge in [0.05, 0.1) is 26.4 Å². The molecule has 3 rings (SSSR count). The van der Waals surface area contributed by atoms with Gasteiger partial charge in [-0.2, -0.15) is 0 Å². The van der Waals surface area contributed by atoms with Crippen molar-refractivity contribution >= 4 is 11.9 Å². The summed E-state index contributed by atoms with van der Waals surface area (Å²) in [5, 5.41) is 0. The van der Waals surface area contributed by atoms with Crippen LogP contribution in [-0.2, 0) is 16.0 Å². The van der Waals surface area contributed by atoms with E-state index in [0.29, 0.717) is 19.8 Å². The molecular weight excluding hydrogens is 352 g/mol. The molecular formula is C19H26N2O6. The van der Waals surface area contributed by atoms with Gasteiger partial charge in [-0.15, -0.1) is 0 Å². The van der Waals surface area contributed by atoms with Crippen LogP contribution >= 0.6 is 0 Å². The quantitative estimate of drug-likeness (QED) is 0.554. The van der Waals surface area contributed by atoms with Crippen LogP contribution in [0.25, 0.3) is 0 Å². The summed E-state index contributed by atoms with van der Waals surface area (Å²) in [7, 11) is 0. The van der Waals surface area contributed by atoms with Crippen molar-refractivity contribution in [3.63, 3.8) is 0 Å². The standard InChI is InChI=1S/C19H26N2O6/c1-4-6-8-27-17-15-18(23)21-12(3)7-9-26-14(21)11-20(15)10-13(16(17)22)19(24)25-5-2/h10,12,14H,4-9,11H2,1-3H3/t12-,14+/m1/s1. The molecule has 0 aliphatic carbocycles. The minimum absolute atomic E-state index is 0.00771. The largest absolute Gasteiger partial charge is 0.487 e. The first-order valence-corrected chi connectivity index (χ1v) is 9.51. The van der Waals surface area contributed by atoms with Gasteiger partial charge in [-0.3, -0.25) is 9.59 Å². The molecule has 0 bridgehead atoms. The van der Waals surface area contributed by atoms with Gasteiger partial charge >= 0.3 is 5.97 Å². The number of amides is 1. The molecule has 27 heavy (non-hydrogen) atoms. The third-order valence-electron chi connectivity index (χ3n) is 4.90. The number of pyridine rings is 1. The van der Waals surface area contributed by atoms with Crippen molar-refractivity contribution in [2.24, 2.45) is 0 Å². The van der Waals surface area contributed by atoms with Gasteiger partial charge in [0.25, 0.3) is 5.91 Å². The number of esters is 1. The van der Waals surface area contributed by atoms with Crippen LogP contribution in [0.2, 0.25) is 0 Å². The minimum Gasteiger partial charge on any atom is -0.487 e. The highest BCUT2D eigenvalue weighted by molar-refractivity contribution is 5.98. The molecule has 1 fully saturated rings. The van der Waals surface area contributed by atoms with E-state index in [0.717, 1.165) is 19.3 Å². The fraction of sp³-hybridized carbons (Fsp3) is 0.632. The SMILES string of the molecule is CCCCOc1c2n(cc(C(=O)OCC)c1=O)C[C@@H]1OCC[C@@H](C)N1C2=O. The topological polar surface area (TPSA) is 87.1 Å². The number of unbranched alkanes of at least 4 members (excludes halogenated alkanes) is 1. The zero-order valence-corrected chi connectivity index (χ0v) is 16.0. The number of carbonyl (C=O) groups is 2. The third-order valence-corrected chi connectivity index (χ3v) is 4.90. The van der Waals surface area contributed by atoms with Crippen molar-refractivity contribution in [3.05, 3.63) is 27.7 Å². The number of ether oxygens (including phenoxy) is 3. The Balaban J connectivity index is 2.10. The summed E-state index contributed by atoms with van der Waals surface area (Å²) >= 11 is 0. The maximum absolute atomic E-state index is 13.2. The van der Waals surface area contributed by atoms with Crippen LogP contribution in [0.1, 0.15) is 60.9 Å². The van der Waals surface area contributed by atoms with Crippen molar-refractivity contribution in [2.45, 2.75) is 58.8 Å². The molecule has 8 heteroatoms. The van der Waals surface area contributed by atoms with Crippen LogP contribution in [-0.4, -0.2) is 53.4 Å². The van der Waals surface area contributed by atoms with Gasteiger partial charge < -0.3 is 23.7 Å². The molecule has 1 aromatic heterocycles. The maximum atomic E-state index is 13.2. The van der Waals surface area contributed by atoms with Crippen molar-refractivity contribution in [2.75, 3.05) is 19.8 Å². The van der Waals surface area contributed by atoms with E-state index in [2.05, 4.69) is 0 Å². The van der Waals surface area contributed by atoms with Crippen LogP contribution in [0.3, 0.4) is 0 Å². The number of aromatic nitrogens is 1. The summed E-state index contributed by atoms with van der Waals surface area (Å²) in [6.07, 6.45) is 3.32. The Labute approximate surface area is 158 Å². The second kappa shape index (κ2) is 8.12. The molecule has 3 heterocycles. The molecule has 148 valence electrons.